The van der Waals surface area contributed by atoms with Crippen molar-refractivity contribution in [2.24, 2.45) is 0 Å². The standard InChI is InChI=1S/C18H16N2O3S/c1-11(21)23-14-10-6-9-13-15(18(24)20(2)16(13)14)17(22)19-12-7-4-3-5-8-12/h3-10,15H,1-2H3,(H,19,22). The van der Waals surface area contributed by atoms with Crippen molar-refractivity contribution in [3.05, 3.63) is 54.1 Å². The lowest BCUT2D eigenvalue weighted by molar-refractivity contribution is -0.131. The minimum absolute atomic E-state index is 0.211. The fourth-order valence-electron chi connectivity index (χ4n) is 2.79. The van der Waals surface area contributed by atoms with Gasteiger partial charge in [-0.3, -0.25) is 9.59 Å². The van der Waals surface area contributed by atoms with Crippen molar-refractivity contribution >= 4 is 40.5 Å². The van der Waals surface area contributed by atoms with Crippen molar-refractivity contribution in [3.8, 4) is 5.75 Å². The molecular formula is C18H16N2O3S. The fourth-order valence-corrected chi connectivity index (χ4v) is 3.12. The summed E-state index contributed by atoms with van der Waals surface area (Å²) in [7, 11) is 1.77. The molecule has 0 aliphatic carbocycles. The summed E-state index contributed by atoms with van der Waals surface area (Å²) in [6, 6.07) is 14.5. The van der Waals surface area contributed by atoms with Crippen LogP contribution in [0.4, 0.5) is 11.4 Å². The molecule has 1 unspecified atom stereocenters. The highest BCUT2D eigenvalue weighted by atomic mass is 32.1. The van der Waals surface area contributed by atoms with E-state index in [0.29, 0.717) is 22.1 Å². The number of carbonyl (C=O) groups is 2. The number of fused-ring (bicyclic) bond motifs is 1. The van der Waals surface area contributed by atoms with Gasteiger partial charge in [-0.05, 0) is 23.8 Å². The summed E-state index contributed by atoms with van der Waals surface area (Å²) in [5.74, 6) is -0.827. The minimum Gasteiger partial charge on any atom is -0.424 e. The summed E-state index contributed by atoms with van der Waals surface area (Å²) >= 11 is 5.46. The summed E-state index contributed by atoms with van der Waals surface area (Å²) in [5.41, 5.74) is 2.10. The van der Waals surface area contributed by atoms with Crippen molar-refractivity contribution in [1.29, 1.82) is 0 Å². The molecule has 24 heavy (non-hydrogen) atoms. The van der Waals surface area contributed by atoms with Crippen molar-refractivity contribution in [1.82, 2.24) is 0 Å². The van der Waals surface area contributed by atoms with Crippen LogP contribution in [-0.2, 0) is 9.59 Å². The lowest BCUT2D eigenvalue weighted by Crippen LogP contribution is -2.30. The van der Waals surface area contributed by atoms with Crippen LogP contribution in [-0.4, -0.2) is 23.9 Å². The third kappa shape index (κ3) is 2.88. The van der Waals surface area contributed by atoms with Crippen molar-refractivity contribution in [3.63, 3.8) is 0 Å². The van der Waals surface area contributed by atoms with Crippen molar-refractivity contribution < 1.29 is 14.3 Å². The second-order valence-corrected chi connectivity index (χ2v) is 5.89. The lowest BCUT2D eigenvalue weighted by atomic mass is 10.00. The first kappa shape index (κ1) is 16.1. The van der Waals surface area contributed by atoms with Gasteiger partial charge < -0.3 is 15.0 Å². The number of carbonyl (C=O) groups excluding carboxylic acids is 2. The predicted octanol–water partition coefficient (Wildman–Crippen LogP) is 3.11. The van der Waals surface area contributed by atoms with Gasteiger partial charge in [0.05, 0.1) is 10.7 Å². The Morgan fingerprint density at radius 2 is 1.83 bits per heavy atom. The molecule has 1 N–H and O–H groups in total. The Hall–Kier alpha value is -2.73. The van der Waals surface area contributed by atoms with Gasteiger partial charge in [-0.15, -0.1) is 0 Å². The van der Waals surface area contributed by atoms with Gasteiger partial charge in [0.2, 0.25) is 5.91 Å². The van der Waals surface area contributed by atoms with E-state index in [0.717, 1.165) is 5.56 Å². The van der Waals surface area contributed by atoms with E-state index in [1.807, 2.05) is 36.4 Å². The monoisotopic (exact) mass is 340 g/mol. The molecule has 5 nitrogen and oxygen atoms in total. The molecule has 3 rings (SSSR count). The molecule has 2 aromatic carbocycles. The average molecular weight is 340 g/mol. The Labute approximate surface area is 145 Å². The summed E-state index contributed by atoms with van der Waals surface area (Å²) in [5, 5.41) is 2.88. The van der Waals surface area contributed by atoms with Gasteiger partial charge in [-0.1, -0.05) is 42.5 Å². The number of thiocarbonyl (C=S) groups is 1. The Morgan fingerprint density at radius 1 is 1.12 bits per heavy atom. The molecule has 1 atom stereocenters. The van der Waals surface area contributed by atoms with Gasteiger partial charge in [0.15, 0.2) is 5.75 Å². The molecule has 1 aliphatic rings. The number of benzene rings is 2. The number of likely N-dealkylation sites (N-methyl/N-ethyl adjacent to an activating group) is 1. The summed E-state index contributed by atoms with van der Waals surface area (Å²) in [6.07, 6.45) is 0. The molecule has 0 saturated carbocycles. The quantitative estimate of drug-likeness (QED) is 0.528. The van der Waals surface area contributed by atoms with Gasteiger partial charge in [0.25, 0.3) is 0 Å². The van der Waals surface area contributed by atoms with Crippen LogP contribution in [0.5, 0.6) is 5.75 Å². The number of rotatable bonds is 3. The molecule has 0 saturated heterocycles. The van der Waals surface area contributed by atoms with Crippen LogP contribution in [0.2, 0.25) is 0 Å². The summed E-state index contributed by atoms with van der Waals surface area (Å²) in [4.78, 5) is 26.2. The fraction of sp³-hybridized carbons (Fsp3) is 0.167. The van der Waals surface area contributed by atoms with Crippen LogP contribution >= 0.6 is 12.2 Å². The highest BCUT2D eigenvalue weighted by Gasteiger charge is 2.39. The maximum absolute atomic E-state index is 12.7. The van der Waals surface area contributed by atoms with Crippen LogP contribution in [0.3, 0.4) is 0 Å². The maximum atomic E-state index is 12.7. The molecule has 0 spiro atoms. The number of nitrogens with one attached hydrogen (secondary N) is 1. The van der Waals surface area contributed by atoms with Crippen LogP contribution < -0.4 is 15.0 Å². The zero-order valence-corrected chi connectivity index (χ0v) is 14.1. The van der Waals surface area contributed by atoms with Crippen molar-refractivity contribution in [2.75, 3.05) is 17.3 Å². The number of hydrogen-bond donors (Lipinski definition) is 1. The smallest absolute Gasteiger partial charge is 0.308 e. The number of ether oxygens (including phenoxy) is 1. The number of esters is 1. The number of para-hydroxylation sites is 2. The number of hydrogen-bond acceptors (Lipinski definition) is 4. The third-order valence-electron chi connectivity index (χ3n) is 3.81. The Morgan fingerprint density at radius 3 is 2.50 bits per heavy atom. The van der Waals surface area contributed by atoms with E-state index in [1.54, 1.807) is 24.1 Å². The Kier molecular flexibility index (Phi) is 4.31. The summed E-state index contributed by atoms with van der Waals surface area (Å²) in [6.45, 7) is 1.34. The van der Waals surface area contributed by atoms with Gasteiger partial charge in [0.1, 0.15) is 5.92 Å². The highest BCUT2D eigenvalue weighted by Crippen LogP contribution is 2.44. The third-order valence-corrected chi connectivity index (χ3v) is 4.32. The molecule has 0 radical (unpaired) electrons. The van der Waals surface area contributed by atoms with E-state index in [1.165, 1.54) is 6.92 Å². The van der Waals surface area contributed by atoms with Crippen LogP contribution in [0.1, 0.15) is 18.4 Å². The van der Waals surface area contributed by atoms with E-state index >= 15 is 0 Å². The second kappa shape index (κ2) is 6.41. The molecule has 0 bridgehead atoms. The molecule has 122 valence electrons. The molecule has 6 heteroatoms. The first-order valence-corrected chi connectivity index (χ1v) is 7.84. The zero-order valence-electron chi connectivity index (χ0n) is 13.3. The van der Waals surface area contributed by atoms with E-state index in [9.17, 15) is 9.59 Å². The van der Waals surface area contributed by atoms with E-state index < -0.39 is 11.9 Å². The average Bonchev–Trinajstić information content (AvgIpc) is 2.80. The molecule has 1 heterocycles. The minimum atomic E-state index is -0.601. The molecule has 0 aromatic heterocycles. The number of amides is 1. The molecule has 1 amide bonds. The van der Waals surface area contributed by atoms with Crippen molar-refractivity contribution in [2.45, 2.75) is 12.8 Å². The van der Waals surface area contributed by atoms with Crippen LogP contribution in [0.25, 0.3) is 0 Å². The molecule has 0 fully saturated rings. The van der Waals surface area contributed by atoms with E-state index in [4.69, 9.17) is 17.0 Å². The van der Waals surface area contributed by atoms with Crippen LogP contribution in [0.15, 0.2) is 48.5 Å². The first-order valence-electron chi connectivity index (χ1n) is 7.44. The topological polar surface area (TPSA) is 58.6 Å². The highest BCUT2D eigenvalue weighted by molar-refractivity contribution is 7.80. The van der Waals surface area contributed by atoms with Gasteiger partial charge in [-0.25, -0.2) is 0 Å². The zero-order chi connectivity index (χ0) is 17.3. The maximum Gasteiger partial charge on any atom is 0.308 e. The molecular weight excluding hydrogens is 324 g/mol. The Balaban J connectivity index is 1.96. The van der Waals surface area contributed by atoms with Gasteiger partial charge >= 0.3 is 5.97 Å². The van der Waals surface area contributed by atoms with Crippen LogP contribution in [0, 0.1) is 0 Å². The van der Waals surface area contributed by atoms with E-state index in [2.05, 4.69) is 5.32 Å². The second-order valence-electron chi connectivity index (χ2n) is 5.47. The van der Waals surface area contributed by atoms with Gasteiger partial charge in [0, 0.05) is 19.7 Å². The SMILES string of the molecule is CC(=O)Oc1cccc2c1N(C)C(=S)C2C(=O)Nc1ccccc1. The number of anilines is 2. The molecule has 1 aliphatic heterocycles. The predicted molar refractivity (Wildman–Crippen MR) is 96.6 cm³/mol. The van der Waals surface area contributed by atoms with E-state index in [-0.39, 0.29) is 5.91 Å². The number of nitrogens with zero attached hydrogens (tertiary/aromatic N) is 1. The Bertz CT molecular complexity index is 820. The largest absolute Gasteiger partial charge is 0.424 e. The summed E-state index contributed by atoms with van der Waals surface area (Å²) < 4.78 is 5.25. The lowest BCUT2D eigenvalue weighted by Gasteiger charge is -2.16. The normalized spacial score (nSPS) is 15.8. The molecule has 2 aromatic rings. The first-order chi connectivity index (χ1) is 11.5. The van der Waals surface area contributed by atoms with Gasteiger partial charge in [-0.2, -0.15) is 0 Å².